The number of thiazole rings is 1. The van der Waals surface area contributed by atoms with Gasteiger partial charge in [0.15, 0.2) is 40.8 Å². The second kappa shape index (κ2) is 12.3. The normalized spacial score (nSPS) is 14.3. The summed E-state index contributed by atoms with van der Waals surface area (Å²) in [6, 6.07) is 15.2. The zero-order valence-electron chi connectivity index (χ0n) is 23.5. The summed E-state index contributed by atoms with van der Waals surface area (Å²) >= 11 is 1.43. The second-order valence-corrected chi connectivity index (χ2v) is 10.2. The van der Waals surface area contributed by atoms with Gasteiger partial charge in [-0.15, -0.1) is 0 Å². The van der Waals surface area contributed by atoms with E-state index in [0.29, 0.717) is 40.3 Å². The summed E-state index contributed by atoms with van der Waals surface area (Å²) in [4.78, 5) is 23.0. The lowest BCUT2D eigenvalue weighted by Gasteiger charge is -2.15. The van der Waals surface area contributed by atoms with Crippen molar-refractivity contribution in [3.63, 3.8) is 0 Å². The van der Waals surface area contributed by atoms with Crippen LogP contribution in [0.5, 0.6) is 28.7 Å². The molecule has 1 N–H and O–H groups in total. The largest absolute Gasteiger partial charge is 0.493 e. The molecule has 0 bridgehead atoms. The Labute approximate surface area is 241 Å². The molecule has 11 heteroatoms. The SMILES string of the molecule is CCc1ccc2nc(NC(=O)COc3cc(C4CC(c5cc(OC)c(OC)c(OC)c5)=NO4)ccc3OC)sc2c1. The molecule has 0 aliphatic carbocycles. The van der Waals surface area contributed by atoms with Crippen LogP contribution in [-0.2, 0) is 16.1 Å². The van der Waals surface area contributed by atoms with Gasteiger partial charge in [-0.3, -0.25) is 10.1 Å². The summed E-state index contributed by atoms with van der Waals surface area (Å²) in [5, 5.41) is 7.67. The fourth-order valence-corrected chi connectivity index (χ4v) is 5.47. The number of benzene rings is 3. The van der Waals surface area contributed by atoms with E-state index in [2.05, 4.69) is 28.4 Å². The summed E-state index contributed by atoms with van der Waals surface area (Å²) in [6.07, 6.45) is 1.08. The molecule has 0 saturated heterocycles. The average Bonchev–Trinajstić information content (AvgIpc) is 3.66. The van der Waals surface area contributed by atoms with Crippen LogP contribution in [0.4, 0.5) is 5.13 Å². The van der Waals surface area contributed by atoms with E-state index in [1.165, 1.54) is 16.9 Å². The minimum atomic E-state index is -0.359. The van der Waals surface area contributed by atoms with Gasteiger partial charge in [-0.2, -0.15) is 0 Å². The topological polar surface area (TPSA) is 110 Å². The smallest absolute Gasteiger partial charge is 0.264 e. The van der Waals surface area contributed by atoms with Gasteiger partial charge >= 0.3 is 0 Å². The Morgan fingerprint density at radius 2 is 1.71 bits per heavy atom. The standard InChI is InChI=1S/C30H31N3O7S/c1-6-17-7-9-20-27(11-17)41-30(31-20)32-28(34)16-39-24-12-18(8-10-22(24)35-2)23-15-21(33-40-23)19-13-25(36-3)29(38-5)26(14-19)37-4/h7-14,23H,6,15-16H2,1-5H3,(H,31,32,34). The zero-order valence-corrected chi connectivity index (χ0v) is 24.3. The lowest BCUT2D eigenvalue weighted by molar-refractivity contribution is -0.118. The molecule has 1 amide bonds. The van der Waals surface area contributed by atoms with Crippen LogP contribution >= 0.6 is 11.3 Å². The molecule has 0 saturated carbocycles. The van der Waals surface area contributed by atoms with Crippen molar-refractivity contribution >= 4 is 38.3 Å². The first-order chi connectivity index (χ1) is 20.0. The molecule has 41 heavy (non-hydrogen) atoms. The van der Waals surface area contributed by atoms with E-state index in [9.17, 15) is 4.79 Å². The molecule has 1 aliphatic rings. The Balaban J connectivity index is 1.26. The number of amides is 1. The van der Waals surface area contributed by atoms with Crippen LogP contribution in [0.15, 0.2) is 53.7 Å². The van der Waals surface area contributed by atoms with Gasteiger partial charge in [0.05, 0.1) is 44.4 Å². The molecule has 5 rings (SSSR count). The zero-order chi connectivity index (χ0) is 28.9. The summed E-state index contributed by atoms with van der Waals surface area (Å²) in [5.74, 6) is 2.16. The fourth-order valence-electron chi connectivity index (χ4n) is 4.52. The highest BCUT2D eigenvalue weighted by atomic mass is 32.1. The Morgan fingerprint density at radius 1 is 0.951 bits per heavy atom. The molecule has 0 radical (unpaired) electrons. The molecule has 2 heterocycles. The monoisotopic (exact) mass is 577 g/mol. The van der Waals surface area contributed by atoms with Crippen LogP contribution in [0.3, 0.4) is 0 Å². The number of hydrogen-bond donors (Lipinski definition) is 1. The molecule has 1 unspecified atom stereocenters. The first kappa shape index (κ1) is 28.0. The molecule has 0 fully saturated rings. The predicted molar refractivity (Wildman–Crippen MR) is 157 cm³/mol. The fraction of sp³-hybridized carbons (Fsp3) is 0.300. The Hall–Kier alpha value is -4.51. The maximum atomic E-state index is 12.7. The molecular weight excluding hydrogens is 546 g/mol. The predicted octanol–water partition coefficient (Wildman–Crippen LogP) is 5.78. The van der Waals surface area contributed by atoms with Gasteiger partial charge < -0.3 is 28.5 Å². The molecular formula is C30H31N3O7S. The maximum Gasteiger partial charge on any atom is 0.264 e. The van der Waals surface area contributed by atoms with Crippen LogP contribution in [-0.4, -0.2) is 51.6 Å². The van der Waals surface area contributed by atoms with Crippen molar-refractivity contribution in [1.82, 2.24) is 4.98 Å². The number of nitrogens with zero attached hydrogens (tertiary/aromatic N) is 2. The lowest BCUT2D eigenvalue weighted by atomic mass is 9.99. The number of nitrogens with one attached hydrogen (secondary N) is 1. The van der Waals surface area contributed by atoms with Gasteiger partial charge in [0.2, 0.25) is 5.75 Å². The molecule has 1 aromatic heterocycles. The first-order valence-electron chi connectivity index (χ1n) is 13.0. The van der Waals surface area contributed by atoms with Crippen molar-refractivity contribution in [2.24, 2.45) is 5.16 Å². The number of methoxy groups -OCH3 is 4. The number of aromatic nitrogens is 1. The van der Waals surface area contributed by atoms with Gasteiger partial charge in [0.25, 0.3) is 5.91 Å². The number of oxime groups is 1. The second-order valence-electron chi connectivity index (χ2n) is 9.17. The Bertz CT molecular complexity index is 1580. The average molecular weight is 578 g/mol. The molecule has 0 spiro atoms. The van der Waals surface area contributed by atoms with Crippen molar-refractivity contribution in [3.05, 3.63) is 65.2 Å². The number of aryl methyl sites for hydroxylation is 1. The van der Waals surface area contributed by atoms with E-state index in [4.69, 9.17) is 28.5 Å². The third kappa shape index (κ3) is 5.99. The number of rotatable bonds is 11. The number of ether oxygens (including phenoxy) is 5. The van der Waals surface area contributed by atoms with Crippen molar-refractivity contribution < 1.29 is 33.3 Å². The van der Waals surface area contributed by atoms with Gasteiger partial charge in [-0.1, -0.05) is 35.5 Å². The Kier molecular flexibility index (Phi) is 8.44. The molecule has 1 atom stereocenters. The Morgan fingerprint density at radius 3 is 2.39 bits per heavy atom. The summed E-state index contributed by atoms with van der Waals surface area (Å²) in [6.45, 7) is 1.89. The van der Waals surface area contributed by atoms with E-state index >= 15 is 0 Å². The van der Waals surface area contributed by atoms with Crippen molar-refractivity contribution in [1.29, 1.82) is 0 Å². The summed E-state index contributed by atoms with van der Waals surface area (Å²) < 4.78 is 28.7. The van der Waals surface area contributed by atoms with Crippen LogP contribution in [0, 0.1) is 0 Å². The first-order valence-corrected chi connectivity index (χ1v) is 13.8. The van der Waals surface area contributed by atoms with E-state index in [-0.39, 0.29) is 18.6 Å². The van der Waals surface area contributed by atoms with Crippen LogP contribution in [0.25, 0.3) is 10.2 Å². The summed E-state index contributed by atoms with van der Waals surface area (Å²) in [7, 11) is 6.24. The van der Waals surface area contributed by atoms with Gasteiger partial charge in [0.1, 0.15) is 0 Å². The van der Waals surface area contributed by atoms with Crippen molar-refractivity contribution in [3.8, 4) is 28.7 Å². The van der Waals surface area contributed by atoms with Gasteiger partial charge in [-0.05, 0) is 53.9 Å². The van der Waals surface area contributed by atoms with E-state index in [1.807, 2.05) is 30.3 Å². The molecule has 4 aromatic rings. The molecule has 214 valence electrons. The number of carbonyl (C=O) groups excluding carboxylic acids is 1. The minimum absolute atomic E-state index is 0.214. The van der Waals surface area contributed by atoms with Crippen LogP contribution in [0.1, 0.15) is 36.1 Å². The van der Waals surface area contributed by atoms with E-state index in [1.54, 1.807) is 40.6 Å². The highest BCUT2D eigenvalue weighted by molar-refractivity contribution is 7.22. The number of anilines is 1. The number of carbonyl (C=O) groups is 1. The molecule has 1 aliphatic heterocycles. The number of fused-ring (bicyclic) bond motifs is 1. The molecule has 10 nitrogen and oxygen atoms in total. The maximum absolute atomic E-state index is 12.7. The van der Waals surface area contributed by atoms with E-state index in [0.717, 1.165) is 33.5 Å². The third-order valence-corrected chi connectivity index (χ3v) is 7.63. The van der Waals surface area contributed by atoms with Crippen LogP contribution < -0.4 is 29.0 Å². The summed E-state index contributed by atoms with van der Waals surface area (Å²) in [5.41, 5.74) is 4.42. The van der Waals surface area contributed by atoms with Crippen LogP contribution in [0.2, 0.25) is 0 Å². The van der Waals surface area contributed by atoms with E-state index < -0.39 is 0 Å². The van der Waals surface area contributed by atoms with Crippen molar-refractivity contribution in [2.45, 2.75) is 25.9 Å². The molecule has 3 aromatic carbocycles. The number of hydrogen-bond acceptors (Lipinski definition) is 10. The minimum Gasteiger partial charge on any atom is -0.493 e. The third-order valence-electron chi connectivity index (χ3n) is 6.69. The van der Waals surface area contributed by atoms with Gasteiger partial charge in [0, 0.05) is 12.0 Å². The highest BCUT2D eigenvalue weighted by Crippen LogP contribution is 2.41. The van der Waals surface area contributed by atoms with Crippen molar-refractivity contribution in [2.75, 3.05) is 40.4 Å². The quantitative estimate of drug-likeness (QED) is 0.239. The van der Waals surface area contributed by atoms with Gasteiger partial charge in [-0.25, -0.2) is 4.98 Å². The highest BCUT2D eigenvalue weighted by Gasteiger charge is 2.27. The lowest BCUT2D eigenvalue weighted by Crippen LogP contribution is -2.20.